The highest BCUT2D eigenvalue weighted by molar-refractivity contribution is 5.74. The molecule has 0 atom stereocenters. The minimum absolute atomic E-state index is 0.911. The van der Waals surface area contributed by atoms with Crippen LogP contribution in [0.1, 0.15) is 32.3 Å². The Labute approximate surface area is 98.5 Å². The van der Waals surface area contributed by atoms with Gasteiger partial charge in [-0.15, -0.1) is 0 Å². The number of benzene rings is 1. The van der Waals surface area contributed by atoms with Crippen LogP contribution >= 0.6 is 0 Å². The quantitative estimate of drug-likeness (QED) is 0.709. The fourth-order valence-corrected chi connectivity index (χ4v) is 1.61. The van der Waals surface area contributed by atoms with Crippen LogP contribution in [0.5, 0.6) is 5.75 Å². The van der Waals surface area contributed by atoms with Gasteiger partial charge in [-0.3, -0.25) is 0 Å². The molecule has 0 spiro atoms. The summed E-state index contributed by atoms with van der Waals surface area (Å²) in [5.74, 6) is 0.911. The van der Waals surface area contributed by atoms with Gasteiger partial charge in [-0.25, -0.2) is 0 Å². The van der Waals surface area contributed by atoms with Gasteiger partial charge in [0.05, 0.1) is 7.11 Å². The van der Waals surface area contributed by atoms with Crippen LogP contribution < -0.4 is 4.74 Å². The zero-order valence-electron chi connectivity index (χ0n) is 10.4. The van der Waals surface area contributed by atoms with Crippen molar-refractivity contribution in [2.45, 2.75) is 26.7 Å². The SMILES string of the molecule is CC.COc1ccc(C2=CCCC=C2)cc1. The van der Waals surface area contributed by atoms with Crippen LogP contribution in [-0.2, 0) is 0 Å². The molecule has 0 amide bonds. The van der Waals surface area contributed by atoms with Crippen molar-refractivity contribution in [3.05, 3.63) is 48.1 Å². The average Bonchev–Trinajstić information content (AvgIpc) is 2.42. The van der Waals surface area contributed by atoms with Gasteiger partial charge in [0.1, 0.15) is 5.75 Å². The molecule has 0 N–H and O–H groups in total. The van der Waals surface area contributed by atoms with E-state index in [1.54, 1.807) is 7.11 Å². The molecule has 1 aromatic carbocycles. The lowest BCUT2D eigenvalue weighted by molar-refractivity contribution is 0.415. The number of ether oxygens (including phenoxy) is 1. The van der Waals surface area contributed by atoms with Gasteiger partial charge in [0.15, 0.2) is 0 Å². The summed E-state index contributed by atoms with van der Waals surface area (Å²) < 4.78 is 5.12. The molecule has 1 aliphatic carbocycles. The van der Waals surface area contributed by atoms with Gasteiger partial charge >= 0.3 is 0 Å². The topological polar surface area (TPSA) is 9.23 Å². The Bertz CT molecular complexity index is 358. The highest BCUT2D eigenvalue weighted by atomic mass is 16.5. The first kappa shape index (κ1) is 12.6. The van der Waals surface area contributed by atoms with Gasteiger partial charge in [-0.1, -0.05) is 44.2 Å². The van der Waals surface area contributed by atoms with Gasteiger partial charge < -0.3 is 4.74 Å². The molecule has 0 saturated heterocycles. The summed E-state index contributed by atoms with van der Waals surface area (Å²) in [6.45, 7) is 4.00. The number of rotatable bonds is 2. The van der Waals surface area contributed by atoms with E-state index in [4.69, 9.17) is 4.74 Å². The van der Waals surface area contributed by atoms with Crippen LogP contribution in [-0.4, -0.2) is 7.11 Å². The van der Waals surface area contributed by atoms with Crippen LogP contribution in [0, 0.1) is 0 Å². The smallest absolute Gasteiger partial charge is 0.118 e. The second kappa shape index (κ2) is 6.89. The number of methoxy groups -OCH3 is 1. The first-order valence-electron chi connectivity index (χ1n) is 5.91. The lowest BCUT2D eigenvalue weighted by atomic mass is 10.00. The van der Waals surface area contributed by atoms with Crippen LogP contribution in [0.15, 0.2) is 42.5 Å². The van der Waals surface area contributed by atoms with Crippen molar-refractivity contribution in [3.8, 4) is 5.75 Å². The summed E-state index contributed by atoms with van der Waals surface area (Å²) >= 11 is 0. The van der Waals surface area contributed by atoms with Crippen LogP contribution in [0.2, 0.25) is 0 Å². The van der Waals surface area contributed by atoms with E-state index < -0.39 is 0 Å². The molecule has 0 heterocycles. The molecule has 16 heavy (non-hydrogen) atoms. The van der Waals surface area contributed by atoms with Crippen molar-refractivity contribution in [3.63, 3.8) is 0 Å². The molecule has 0 unspecified atom stereocenters. The van der Waals surface area contributed by atoms with E-state index in [2.05, 4.69) is 30.4 Å². The minimum atomic E-state index is 0.911. The molecule has 0 radical (unpaired) electrons. The molecule has 0 aromatic heterocycles. The fraction of sp³-hybridized carbons (Fsp3) is 0.333. The molecular formula is C15H20O. The first-order valence-corrected chi connectivity index (χ1v) is 5.91. The summed E-state index contributed by atoms with van der Waals surface area (Å²) in [6.07, 6.45) is 9.00. The summed E-state index contributed by atoms with van der Waals surface area (Å²) in [4.78, 5) is 0. The largest absolute Gasteiger partial charge is 0.497 e. The van der Waals surface area contributed by atoms with Crippen molar-refractivity contribution in [2.75, 3.05) is 7.11 Å². The highest BCUT2D eigenvalue weighted by Gasteiger charge is 2.00. The number of hydrogen-bond donors (Lipinski definition) is 0. The molecule has 1 aliphatic rings. The molecule has 1 heteroatoms. The zero-order valence-corrected chi connectivity index (χ0v) is 10.4. The third-order valence-corrected chi connectivity index (χ3v) is 2.42. The highest BCUT2D eigenvalue weighted by Crippen LogP contribution is 2.23. The molecule has 0 bridgehead atoms. The second-order valence-corrected chi connectivity index (χ2v) is 3.37. The number of allylic oxidation sites excluding steroid dienone is 4. The van der Waals surface area contributed by atoms with Crippen molar-refractivity contribution in [1.29, 1.82) is 0 Å². The molecule has 0 saturated carbocycles. The molecule has 1 aromatic rings. The molecule has 1 nitrogen and oxygen atoms in total. The Hall–Kier alpha value is -1.50. The van der Waals surface area contributed by atoms with Gasteiger partial charge in [0, 0.05) is 0 Å². The second-order valence-electron chi connectivity index (χ2n) is 3.37. The van der Waals surface area contributed by atoms with Crippen molar-refractivity contribution >= 4 is 5.57 Å². The predicted octanol–water partition coefficient (Wildman–Crippen LogP) is 4.45. The normalized spacial score (nSPS) is 13.6. The Morgan fingerprint density at radius 2 is 1.69 bits per heavy atom. The van der Waals surface area contributed by atoms with Gasteiger partial charge in [-0.05, 0) is 36.1 Å². The Kier molecular flexibility index (Phi) is 5.41. The summed E-state index contributed by atoms with van der Waals surface area (Å²) in [5, 5.41) is 0. The van der Waals surface area contributed by atoms with Gasteiger partial charge in [0.25, 0.3) is 0 Å². The van der Waals surface area contributed by atoms with Crippen LogP contribution in [0.4, 0.5) is 0 Å². The third-order valence-electron chi connectivity index (χ3n) is 2.42. The molecule has 2 rings (SSSR count). The van der Waals surface area contributed by atoms with Crippen molar-refractivity contribution in [2.24, 2.45) is 0 Å². The Morgan fingerprint density at radius 3 is 2.19 bits per heavy atom. The predicted molar refractivity (Wildman–Crippen MR) is 70.7 cm³/mol. The van der Waals surface area contributed by atoms with E-state index in [-0.39, 0.29) is 0 Å². The van der Waals surface area contributed by atoms with Crippen molar-refractivity contribution in [1.82, 2.24) is 0 Å². The van der Waals surface area contributed by atoms with Gasteiger partial charge in [0.2, 0.25) is 0 Å². The molecule has 86 valence electrons. The Balaban J connectivity index is 0.000000606. The van der Waals surface area contributed by atoms with E-state index in [1.807, 2.05) is 26.0 Å². The first-order chi connectivity index (χ1) is 7.90. The van der Waals surface area contributed by atoms with E-state index in [1.165, 1.54) is 17.6 Å². The van der Waals surface area contributed by atoms with E-state index >= 15 is 0 Å². The summed E-state index contributed by atoms with van der Waals surface area (Å²) in [7, 11) is 1.69. The molecular weight excluding hydrogens is 196 g/mol. The zero-order chi connectivity index (χ0) is 11.8. The van der Waals surface area contributed by atoms with Gasteiger partial charge in [-0.2, -0.15) is 0 Å². The summed E-state index contributed by atoms with van der Waals surface area (Å²) in [5.41, 5.74) is 2.58. The third kappa shape index (κ3) is 3.27. The van der Waals surface area contributed by atoms with E-state index in [9.17, 15) is 0 Å². The monoisotopic (exact) mass is 216 g/mol. The Morgan fingerprint density at radius 1 is 1.00 bits per heavy atom. The maximum Gasteiger partial charge on any atom is 0.118 e. The van der Waals surface area contributed by atoms with Crippen LogP contribution in [0.25, 0.3) is 5.57 Å². The fourth-order valence-electron chi connectivity index (χ4n) is 1.61. The minimum Gasteiger partial charge on any atom is -0.497 e. The lowest BCUT2D eigenvalue weighted by Crippen LogP contribution is -1.87. The van der Waals surface area contributed by atoms with E-state index in [0.717, 1.165) is 12.2 Å². The maximum absolute atomic E-state index is 5.12. The average molecular weight is 216 g/mol. The molecule has 0 fully saturated rings. The standard InChI is InChI=1S/C13H14O.C2H6/c1-14-13-9-7-12(8-10-13)11-5-3-2-4-6-11;1-2/h3,5-10H,2,4H2,1H3;1-2H3. The molecule has 0 aliphatic heterocycles. The number of hydrogen-bond acceptors (Lipinski definition) is 1. The summed E-state index contributed by atoms with van der Waals surface area (Å²) in [6, 6.07) is 8.19. The van der Waals surface area contributed by atoms with Crippen molar-refractivity contribution < 1.29 is 4.74 Å². The van der Waals surface area contributed by atoms with E-state index in [0.29, 0.717) is 0 Å². The van der Waals surface area contributed by atoms with Crippen LogP contribution in [0.3, 0.4) is 0 Å². The maximum atomic E-state index is 5.12. The lowest BCUT2D eigenvalue weighted by Gasteiger charge is -2.07.